The van der Waals surface area contributed by atoms with Gasteiger partial charge < -0.3 is 4.90 Å². The molecule has 1 amide bonds. The maximum absolute atomic E-state index is 12.1. The Balaban J connectivity index is 1.85. The van der Waals surface area contributed by atoms with Gasteiger partial charge >= 0.3 is 0 Å². The third-order valence-corrected chi connectivity index (χ3v) is 7.74. The van der Waals surface area contributed by atoms with Gasteiger partial charge in [0.25, 0.3) is 0 Å². The molecule has 0 radical (unpaired) electrons. The summed E-state index contributed by atoms with van der Waals surface area (Å²) in [6.45, 7) is 4.48. The Labute approximate surface area is 157 Å². The number of thioether (sulfide) groups is 1. The van der Waals surface area contributed by atoms with Gasteiger partial charge in [0, 0.05) is 23.2 Å². The Morgan fingerprint density at radius 3 is 2.64 bits per heavy atom. The monoisotopic (exact) mass is 400 g/mol. The van der Waals surface area contributed by atoms with E-state index < -0.39 is 9.84 Å². The molecule has 2 aliphatic rings. The van der Waals surface area contributed by atoms with Gasteiger partial charge in [0.1, 0.15) is 0 Å². The molecule has 136 valence electrons. The number of halogens is 1. The number of carbonyl (C=O) groups excluding carboxylic acids is 1. The predicted molar refractivity (Wildman–Crippen MR) is 103 cm³/mol. The van der Waals surface area contributed by atoms with Crippen molar-refractivity contribution in [1.82, 2.24) is 4.90 Å². The summed E-state index contributed by atoms with van der Waals surface area (Å²) in [6.07, 6.45) is 0.395. The molecule has 3 rings (SSSR count). The predicted octanol–water partition coefficient (Wildman–Crippen LogP) is 2.98. The maximum Gasteiger partial charge on any atom is 0.248 e. The summed E-state index contributed by atoms with van der Waals surface area (Å²) in [5.74, 6) is 0.362. The minimum atomic E-state index is -3.03. The lowest BCUT2D eigenvalue weighted by Gasteiger charge is -2.24. The Morgan fingerprint density at radius 2 is 2.00 bits per heavy atom. The number of benzene rings is 1. The Morgan fingerprint density at radius 1 is 1.32 bits per heavy atom. The maximum atomic E-state index is 12.1. The zero-order valence-corrected chi connectivity index (χ0v) is 16.6. The zero-order valence-electron chi connectivity index (χ0n) is 14.2. The summed E-state index contributed by atoms with van der Waals surface area (Å²) in [7, 11) is -3.03. The summed E-state index contributed by atoms with van der Waals surface area (Å²) in [5.41, 5.74) is 1.01. The van der Waals surface area contributed by atoms with E-state index in [-0.39, 0.29) is 34.6 Å². The normalized spacial score (nSPS) is 26.4. The fraction of sp³-hybridized carbons (Fsp3) is 0.529. The highest BCUT2D eigenvalue weighted by atomic mass is 35.5. The van der Waals surface area contributed by atoms with Gasteiger partial charge in [-0.05, 0) is 23.6 Å². The van der Waals surface area contributed by atoms with E-state index in [4.69, 9.17) is 11.6 Å². The molecule has 2 saturated heterocycles. The van der Waals surface area contributed by atoms with Crippen molar-refractivity contribution in [2.75, 3.05) is 11.5 Å². The number of rotatable bonds is 4. The van der Waals surface area contributed by atoms with Crippen molar-refractivity contribution in [3.8, 4) is 0 Å². The molecule has 0 unspecified atom stereocenters. The topological polar surface area (TPSA) is 66.8 Å². The number of fused-ring (bicyclic) bond motifs is 1. The average Bonchev–Trinajstić information content (AvgIpc) is 2.93. The number of amides is 1. The first-order chi connectivity index (χ1) is 11.7. The van der Waals surface area contributed by atoms with E-state index in [1.54, 1.807) is 0 Å². The molecular weight excluding hydrogens is 380 g/mol. The lowest BCUT2D eigenvalue weighted by Crippen LogP contribution is -2.37. The molecule has 2 heterocycles. The second-order valence-corrected chi connectivity index (χ2v) is 10.7. The summed E-state index contributed by atoms with van der Waals surface area (Å²) in [4.78, 5) is 18.4. The number of amidine groups is 1. The van der Waals surface area contributed by atoms with E-state index in [0.717, 1.165) is 5.56 Å². The number of aliphatic imine (C=N–C) groups is 1. The van der Waals surface area contributed by atoms with Crippen molar-refractivity contribution in [3.05, 3.63) is 34.9 Å². The van der Waals surface area contributed by atoms with Gasteiger partial charge in [0.2, 0.25) is 5.91 Å². The third kappa shape index (κ3) is 4.57. The minimum absolute atomic E-state index is 0.0529. The van der Waals surface area contributed by atoms with Crippen molar-refractivity contribution in [3.63, 3.8) is 0 Å². The van der Waals surface area contributed by atoms with Crippen molar-refractivity contribution in [1.29, 1.82) is 0 Å². The third-order valence-electron chi connectivity index (χ3n) is 4.24. The van der Waals surface area contributed by atoms with Crippen molar-refractivity contribution < 1.29 is 13.2 Å². The first kappa shape index (κ1) is 18.7. The smallest absolute Gasteiger partial charge is 0.248 e. The van der Waals surface area contributed by atoms with Crippen LogP contribution >= 0.6 is 23.4 Å². The Kier molecular flexibility index (Phi) is 5.46. The molecule has 0 spiro atoms. The van der Waals surface area contributed by atoms with Crippen LogP contribution in [0.3, 0.4) is 0 Å². The number of hydrogen-bond acceptors (Lipinski definition) is 4. The Hall–Kier alpha value is -1.05. The number of carbonyl (C=O) groups is 1. The number of nitrogens with zero attached hydrogens (tertiary/aromatic N) is 2. The standard InChI is InChI=1S/C17H21ClN2O3S2/c1-11(2)7-16(21)19-17-20(8-12-3-5-13(18)6-4-12)14-9-25(22,23)10-15(14)24-17/h3-6,11,14-15H,7-10H2,1-2H3/t14-,15+/m1/s1. The summed E-state index contributed by atoms with van der Waals surface area (Å²) in [5, 5.41) is 1.25. The van der Waals surface area contributed by atoms with Crippen LogP contribution < -0.4 is 0 Å². The second-order valence-electron chi connectivity index (χ2n) is 6.94. The number of sulfone groups is 1. The van der Waals surface area contributed by atoms with Crippen LogP contribution in [0.2, 0.25) is 5.02 Å². The van der Waals surface area contributed by atoms with Crippen molar-refractivity contribution in [2.45, 2.75) is 38.1 Å². The van der Waals surface area contributed by atoms with Gasteiger partial charge in [0.05, 0.1) is 17.5 Å². The quantitative estimate of drug-likeness (QED) is 0.777. The van der Waals surface area contributed by atoms with E-state index in [1.807, 2.05) is 43.0 Å². The van der Waals surface area contributed by atoms with Crippen molar-refractivity contribution in [2.24, 2.45) is 10.9 Å². The van der Waals surface area contributed by atoms with Gasteiger partial charge in [-0.2, -0.15) is 4.99 Å². The van der Waals surface area contributed by atoms with Crippen LogP contribution in [0.5, 0.6) is 0 Å². The molecule has 2 fully saturated rings. The first-order valence-electron chi connectivity index (χ1n) is 8.23. The Bertz CT molecular complexity index is 791. The molecule has 0 aliphatic carbocycles. The highest BCUT2D eigenvalue weighted by Crippen LogP contribution is 2.39. The second kappa shape index (κ2) is 7.29. The van der Waals surface area contributed by atoms with E-state index in [1.165, 1.54) is 11.8 Å². The van der Waals surface area contributed by atoms with Crippen LogP contribution in [-0.2, 0) is 21.2 Å². The molecule has 0 saturated carbocycles. The summed E-state index contributed by atoms with van der Waals surface area (Å²) >= 11 is 7.35. The van der Waals surface area contributed by atoms with Gasteiger partial charge in [-0.3, -0.25) is 4.79 Å². The molecule has 1 aromatic carbocycles. The average molecular weight is 401 g/mol. The van der Waals surface area contributed by atoms with E-state index >= 15 is 0 Å². The van der Waals surface area contributed by atoms with Gasteiger partial charge in [0.15, 0.2) is 15.0 Å². The van der Waals surface area contributed by atoms with Crippen LogP contribution in [0, 0.1) is 5.92 Å². The highest BCUT2D eigenvalue weighted by molar-refractivity contribution is 8.15. The fourth-order valence-corrected chi connectivity index (χ4v) is 7.20. The fourth-order valence-electron chi connectivity index (χ4n) is 3.11. The minimum Gasteiger partial charge on any atom is -0.342 e. The van der Waals surface area contributed by atoms with Crippen LogP contribution in [0.25, 0.3) is 0 Å². The van der Waals surface area contributed by atoms with Gasteiger partial charge in [-0.25, -0.2) is 8.42 Å². The van der Waals surface area contributed by atoms with Crippen LogP contribution in [0.4, 0.5) is 0 Å². The lowest BCUT2D eigenvalue weighted by molar-refractivity contribution is -0.118. The molecule has 2 aliphatic heterocycles. The highest BCUT2D eigenvalue weighted by Gasteiger charge is 2.48. The largest absolute Gasteiger partial charge is 0.342 e. The molecule has 0 bridgehead atoms. The lowest BCUT2D eigenvalue weighted by atomic mass is 10.1. The molecule has 0 N–H and O–H groups in total. The summed E-state index contributed by atoms with van der Waals surface area (Å²) in [6, 6.07) is 7.32. The van der Waals surface area contributed by atoms with E-state index in [0.29, 0.717) is 23.2 Å². The van der Waals surface area contributed by atoms with Crippen LogP contribution in [0.1, 0.15) is 25.8 Å². The van der Waals surface area contributed by atoms with E-state index in [2.05, 4.69) is 4.99 Å². The molecule has 5 nitrogen and oxygen atoms in total. The molecule has 8 heteroatoms. The van der Waals surface area contributed by atoms with Crippen molar-refractivity contribution >= 4 is 44.3 Å². The molecule has 2 atom stereocenters. The van der Waals surface area contributed by atoms with Crippen LogP contribution in [-0.4, -0.2) is 47.2 Å². The SMILES string of the molecule is CC(C)CC(=O)N=C1S[C@H]2CS(=O)(=O)C[C@H]2N1Cc1ccc(Cl)cc1. The van der Waals surface area contributed by atoms with Crippen LogP contribution in [0.15, 0.2) is 29.3 Å². The van der Waals surface area contributed by atoms with Gasteiger partial charge in [-0.15, -0.1) is 0 Å². The zero-order chi connectivity index (χ0) is 18.2. The number of hydrogen-bond donors (Lipinski definition) is 0. The molecule has 1 aromatic rings. The van der Waals surface area contributed by atoms with E-state index in [9.17, 15) is 13.2 Å². The molecular formula is C17H21ClN2O3S2. The molecule has 25 heavy (non-hydrogen) atoms. The molecule has 0 aromatic heterocycles. The summed E-state index contributed by atoms with van der Waals surface area (Å²) < 4.78 is 24.0. The van der Waals surface area contributed by atoms with Gasteiger partial charge in [-0.1, -0.05) is 49.3 Å². The first-order valence-corrected chi connectivity index (χ1v) is 11.3.